The first-order chi connectivity index (χ1) is 9.69. The minimum absolute atomic E-state index is 0.590. The van der Waals surface area contributed by atoms with E-state index in [0.717, 1.165) is 42.3 Å². The van der Waals surface area contributed by atoms with Gasteiger partial charge in [-0.15, -0.1) is 0 Å². The standard InChI is InChI=1S/C17H23N3/c1-4-10-18-16-12-15(11-13(2)3)19-17(20-16)14-8-6-5-7-9-14/h5-9,12-13H,4,10-11H2,1-3H3,(H,18,19,20). The summed E-state index contributed by atoms with van der Waals surface area (Å²) in [5.74, 6) is 2.33. The van der Waals surface area contributed by atoms with E-state index in [0.29, 0.717) is 5.92 Å². The molecule has 0 saturated heterocycles. The third-order valence-electron chi connectivity index (χ3n) is 2.98. The molecule has 0 aliphatic rings. The first-order valence-electron chi connectivity index (χ1n) is 7.36. The minimum Gasteiger partial charge on any atom is -0.370 e. The summed E-state index contributed by atoms with van der Waals surface area (Å²) in [6.45, 7) is 7.51. The lowest BCUT2D eigenvalue weighted by Gasteiger charge is -2.11. The van der Waals surface area contributed by atoms with Crippen LogP contribution >= 0.6 is 0 Å². The Morgan fingerprint density at radius 3 is 2.50 bits per heavy atom. The molecule has 1 aromatic carbocycles. The van der Waals surface area contributed by atoms with Crippen LogP contribution in [0.2, 0.25) is 0 Å². The van der Waals surface area contributed by atoms with Gasteiger partial charge in [-0.2, -0.15) is 0 Å². The molecular weight excluding hydrogens is 246 g/mol. The Hall–Kier alpha value is -1.90. The van der Waals surface area contributed by atoms with Crippen molar-refractivity contribution in [3.8, 4) is 11.4 Å². The topological polar surface area (TPSA) is 37.8 Å². The average Bonchev–Trinajstić information content (AvgIpc) is 2.45. The molecule has 0 radical (unpaired) electrons. The van der Waals surface area contributed by atoms with E-state index >= 15 is 0 Å². The highest BCUT2D eigenvalue weighted by Crippen LogP contribution is 2.19. The maximum absolute atomic E-state index is 4.70. The van der Waals surface area contributed by atoms with E-state index in [-0.39, 0.29) is 0 Å². The van der Waals surface area contributed by atoms with E-state index in [9.17, 15) is 0 Å². The Morgan fingerprint density at radius 2 is 1.85 bits per heavy atom. The highest BCUT2D eigenvalue weighted by atomic mass is 15.0. The molecule has 1 heterocycles. The molecule has 0 aliphatic carbocycles. The number of aromatic nitrogens is 2. The SMILES string of the molecule is CCCNc1cc(CC(C)C)nc(-c2ccccc2)n1. The number of rotatable bonds is 6. The summed E-state index contributed by atoms with van der Waals surface area (Å²) in [5, 5.41) is 3.37. The minimum atomic E-state index is 0.590. The molecule has 2 rings (SSSR count). The zero-order chi connectivity index (χ0) is 14.4. The molecule has 1 N–H and O–H groups in total. The third-order valence-corrected chi connectivity index (χ3v) is 2.98. The molecule has 0 bridgehead atoms. The summed E-state index contributed by atoms with van der Waals surface area (Å²) in [4.78, 5) is 9.33. The van der Waals surface area contributed by atoms with Crippen LogP contribution in [0.1, 0.15) is 32.9 Å². The van der Waals surface area contributed by atoms with Gasteiger partial charge in [-0.1, -0.05) is 51.1 Å². The fraction of sp³-hybridized carbons (Fsp3) is 0.412. The number of hydrogen-bond acceptors (Lipinski definition) is 3. The molecule has 0 aliphatic heterocycles. The predicted octanol–water partition coefficient (Wildman–Crippen LogP) is 4.16. The van der Waals surface area contributed by atoms with Crippen LogP contribution in [0.3, 0.4) is 0 Å². The molecule has 0 unspecified atom stereocenters. The normalized spacial score (nSPS) is 10.8. The van der Waals surface area contributed by atoms with Crippen LogP contribution in [-0.2, 0) is 6.42 Å². The van der Waals surface area contributed by atoms with Gasteiger partial charge < -0.3 is 5.32 Å². The Kier molecular flexibility index (Phi) is 5.10. The molecule has 0 atom stereocenters. The van der Waals surface area contributed by atoms with Crippen molar-refractivity contribution in [2.45, 2.75) is 33.6 Å². The predicted molar refractivity (Wildman–Crippen MR) is 84.8 cm³/mol. The summed E-state index contributed by atoms with van der Waals surface area (Å²) in [7, 11) is 0. The van der Waals surface area contributed by atoms with Gasteiger partial charge in [0.1, 0.15) is 5.82 Å². The zero-order valence-corrected chi connectivity index (χ0v) is 12.6. The number of anilines is 1. The molecule has 1 aromatic heterocycles. The quantitative estimate of drug-likeness (QED) is 0.855. The lowest BCUT2D eigenvalue weighted by molar-refractivity contribution is 0.635. The molecule has 0 amide bonds. The summed E-state index contributed by atoms with van der Waals surface area (Å²) >= 11 is 0. The van der Waals surface area contributed by atoms with Crippen molar-refractivity contribution in [1.29, 1.82) is 0 Å². The first kappa shape index (κ1) is 14.5. The molecule has 0 saturated carbocycles. The van der Waals surface area contributed by atoms with Crippen molar-refractivity contribution in [2.24, 2.45) is 5.92 Å². The van der Waals surface area contributed by atoms with Gasteiger partial charge in [0.15, 0.2) is 5.82 Å². The van der Waals surface area contributed by atoms with Gasteiger partial charge in [0.05, 0.1) is 0 Å². The number of hydrogen-bond donors (Lipinski definition) is 1. The molecule has 2 aromatic rings. The largest absolute Gasteiger partial charge is 0.370 e. The smallest absolute Gasteiger partial charge is 0.161 e. The molecule has 3 heteroatoms. The first-order valence-corrected chi connectivity index (χ1v) is 7.36. The Balaban J connectivity index is 2.34. The number of benzene rings is 1. The Labute approximate surface area is 121 Å². The van der Waals surface area contributed by atoms with E-state index in [1.54, 1.807) is 0 Å². The monoisotopic (exact) mass is 269 g/mol. The number of nitrogens with one attached hydrogen (secondary N) is 1. The second-order valence-electron chi connectivity index (χ2n) is 5.46. The van der Waals surface area contributed by atoms with Crippen molar-refractivity contribution in [3.63, 3.8) is 0 Å². The van der Waals surface area contributed by atoms with Gasteiger partial charge in [-0.3, -0.25) is 0 Å². The average molecular weight is 269 g/mol. The molecule has 0 fully saturated rings. The van der Waals surface area contributed by atoms with Crippen molar-refractivity contribution >= 4 is 5.82 Å². The fourth-order valence-electron chi connectivity index (χ4n) is 2.08. The van der Waals surface area contributed by atoms with Crippen LogP contribution < -0.4 is 5.32 Å². The van der Waals surface area contributed by atoms with Gasteiger partial charge >= 0.3 is 0 Å². The second kappa shape index (κ2) is 7.04. The van der Waals surface area contributed by atoms with Gasteiger partial charge in [-0.05, 0) is 18.8 Å². The van der Waals surface area contributed by atoms with Gasteiger partial charge in [-0.25, -0.2) is 9.97 Å². The number of nitrogens with zero attached hydrogens (tertiary/aromatic N) is 2. The second-order valence-corrected chi connectivity index (χ2v) is 5.46. The molecule has 106 valence electrons. The van der Waals surface area contributed by atoms with E-state index in [1.807, 2.05) is 18.2 Å². The van der Waals surface area contributed by atoms with Crippen molar-refractivity contribution in [3.05, 3.63) is 42.1 Å². The third kappa shape index (κ3) is 4.05. The molecular formula is C17H23N3. The fourth-order valence-corrected chi connectivity index (χ4v) is 2.08. The van der Waals surface area contributed by atoms with Crippen LogP contribution in [0.5, 0.6) is 0 Å². The van der Waals surface area contributed by atoms with E-state index in [4.69, 9.17) is 4.98 Å². The highest BCUT2D eigenvalue weighted by molar-refractivity contribution is 5.57. The van der Waals surface area contributed by atoms with Crippen molar-refractivity contribution < 1.29 is 0 Å². The van der Waals surface area contributed by atoms with Crippen LogP contribution in [0.25, 0.3) is 11.4 Å². The molecule has 3 nitrogen and oxygen atoms in total. The lowest BCUT2D eigenvalue weighted by Crippen LogP contribution is -2.07. The maximum atomic E-state index is 4.70. The maximum Gasteiger partial charge on any atom is 0.161 e. The van der Waals surface area contributed by atoms with E-state index in [2.05, 4.69) is 49.3 Å². The van der Waals surface area contributed by atoms with Gasteiger partial charge in [0.25, 0.3) is 0 Å². The van der Waals surface area contributed by atoms with Crippen LogP contribution in [0.4, 0.5) is 5.82 Å². The van der Waals surface area contributed by atoms with Crippen molar-refractivity contribution in [2.75, 3.05) is 11.9 Å². The van der Waals surface area contributed by atoms with Crippen molar-refractivity contribution in [1.82, 2.24) is 9.97 Å². The molecule has 20 heavy (non-hydrogen) atoms. The summed E-state index contributed by atoms with van der Waals surface area (Å²) in [5.41, 5.74) is 2.17. The summed E-state index contributed by atoms with van der Waals surface area (Å²) in [6, 6.07) is 12.2. The van der Waals surface area contributed by atoms with E-state index in [1.165, 1.54) is 0 Å². The Bertz CT molecular complexity index is 535. The van der Waals surface area contributed by atoms with E-state index < -0.39 is 0 Å². The summed E-state index contributed by atoms with van der Waals surface area (Å²) < 4.78 is 0. The Morgan fingerprint density at radius 1 is 1.10 bits per heavy atom. The highest BCUT2D eigenvalue weighted by Gasteiger charge is 2.08. The zero-order valence-electron chi connectivity index (χ0n) is 12.6. The lowest BCUT2D eigenvalue weighted by atomic mass is 10.1. The molecule has 0 spiro atoms. The van der Waals surface area contributed by atoms with Crippen LogP contribution in [0.15, 0.2) is 36.4 Å². The van der Waals surface area contributed by atoms with Crippen LogP contribution in [0, 0.1) is 5.92 Å². The van der Waals surface area contributed by atoms with Gasteiger partial charge in [0.2, 0.25) is 0 Å². The van der Waals surface area contributed by atoms with Crippen LogP contribution in [-0.4, -0.2) is 16.5 Å². The van der Waals surface area contributed by atoms with Gasteiger partial charge in [0, 0.05) is 23.9 Å². The summed E-state index contributed by atoms with van der Waals surface area (Å²) in [6.07, 6.45) is 2.06.